The molecule has 4 atom stereocenters. The topological polar surface area (TPSA) is 115 Å². The van der Waals surface area contributed by atoms with Crippen molar-refractivity contribution in [1.29, 1.82) is 0 Å². The van der Waals surface area contributed by atoms with Gasteiger partial charge in [0.25, 0.3) is 0 Å². The normalized spacial score (nSPS) is 24.6. The molecule has 0 radical (unpaired) electrons. The molecule has 2 saturated heterocycles. The number of fused-ring (bicyclic) bond motifs is 3. The van der Waals surface area contributed by atoms with Crippen molar-refractivity contribution in [2.24, 2.45) is 11.8 Å². The molecular weight excluding hydrogens is 512 g/mol. The zero-order valence-electron chi connectivity index (χ0n) is 20.7. The van der Waals surface area contributed by atoms with Crippen molar-refractivity contribution in [3.63, 3.8) is 0 Å². The molecule has 39 heavy (non-hydrogen) atoms. The lowest BCUT2D eigenvalue weighted by Gasteiger charge is -2.31. The zero-order chi connectivity index (χ0) is 26.7. The Morgan fingerprint density at radius 1 is 0.974 bits per heavy atom. The van der Waals surface area contributed by atoms with Crippen molar-refractivity contribution in [2.45, 2.75) is 24.5 Å². The molecule has 9 heteroatoms. The fraction of sp³-hybridized carbons (Fsp3) is 0.200. The van der Waals surface area contributed by atoms with Crippen LogP contribution in [0.5, 0.6) is 0 Å². The summed E-state index contributed by atoms with van der Waals surface area (Å²) in [4.78, 5) is 50.2. The van der Waals surface area contributed by atoms with E-state index in [9.17, 15) is 19.5 Å². The molecule has 2 aromatic heterocycles. The Hall–Kier alpha value is -4.34. The number of carboxylic acid groups (broad SMARTS) is 1. The van der Waals surface area contributed by atoms with Gasteiger partial charge in [0.05, 0.1) is 24.4 Å². The monoisotopic (exact) mass is 536 g/mol. The number of benzene rings is 3. The molecule has 2 aliphatic rings. The van der Waals surface area contributed by atoms with Gasteiger partial charge in [0.1, 0.15) is 10.5 Å². The molecule has 4 unspecified atom stereocenters. The van der Waals surface area contributed by atoms with Crippen LogP contribution >= 0.6 is 11.3 Å². The number of carboxylic acids is 1. The summed E-state index contributed by atoms with van der Waals surface area (Å²) in [6, 6.07) is 20.6. The SMILES string of the molecule is O=C1C2C(c3nccs3)NC(Cc3c[nH]c4ccccc34)(C(=O)O)C2C(=O)N1Cc1cccc2ccccc12. The fourth-order valence-corrected chi connectivity index (χ4v) is 7.17. The number of likely N-dealkylation sites (tertiary alicyclic amines) is 1. The highest BCUT2D eigenvalue weighted by Gasteiger charge is 2.69. The summed E-state index contributed by atoms with van der Waals surface area (Å²) < 4.78 is 0. The van der Waals surface area contributed by atoms with Gasteiger partial charge in [0, 0.05) is 35.1 Å². The molecule has 2 aliphatic heterocycles. The summed E-state index contributed by atoms with van der Waals surface area (Å²) in [5.41, 5.74) is 0.801. The van der Waals surface area contributed by atoms with Gasteiger partial charge in [-0.15, -0.1) is 11.3 Å². The number of hydrogen-bond donors (Lipinski definition) is 3. The maximum atomic E-state index is 14.1. The van der Waals surface area contributed by atoms with E-state index in [1.165, 1.54) is 16.2 Å². The molecule has 2 amide bonds. The van der Waals surface area contributed by atoms with E-state index in [4.69, 9.17) is 0 Å². The highest BCUT2D eigenvalue weighted by molar-refractivity contribution is 7.09. The number of para-hydroxylation sites is 1. The highest BCUT2D eigenvalue weighted by atomic mass is 32.1. The summed E-state index contributed by atoms with van der Waals surface area (Å²) in [5.74, 6) is -3.95. The van der Waals surface area contributed by atoms with Crippen LogP contribution in [0.15, 0.2) is 84.5 Å². The molecule has 2 fully saturated rings. The Balaban J connectivity index is 1.33. The summed E-state index contributed by atoms with van der Waals surface area (Å²) in [5, 5.41) is 19.2. The molecular formula is C30H24N4O4S. The maximum Gasteiger partial charge on any atom is 0.325 e. The third-order valence-corrected chi connectivity index (χ3v) is 9.06. The first-order valence-corrected chi connectivity index (χ1v) is 13.6. The number of carbonyl (C=O) groups excluding carboxylic acids is 2. The number of thiazole rings is 1. The minimum atomic E-state index is -1.69. The van der Waals surface area contributed by atoms with Crippen molar-refractivity contribution < 1.29 is 19.5 Å². The van der Waals surface area contributed by atoms with E-state index in [0.717, 1.165) is 32.8 Å². The molecule has 8 nitrogen and oxygen atoms in total. The molecule has 5 aromatic rings. The fourth-order valence-electron chi connectivity index (χ4n) is 6.43. The van der Waals surface area contributed by atoms with E-state index >= 15 is 0 Å². The summed E-state index contributed by atoms with van der Waals surface area (Å²) in [6.45, 7) is 0.0827. The van der Waals surface area contributed by atoms with E-state index in [1.54, 1.807) is 17.8 Å². The highest BCUT2D eigenvalue weighted by Crippen LogP contribution is 2.51. The largest absolute Gasteiger partial charge is 0.480 e. The lowest BCUT2D eigenvalue weighted by Crippen LogP contribution is -2.57. The van der Waals surface area contributed by atoms with E-state index in [2.05, 4.69) is 15.3 Å². The second-order valence-corrected chi connectivity index (χ2v) is 11.1. The van der Waals surface area contributed by atoms with E-state index in [-0.39, 0.29) is 18.9 Å². The minimum absolute atomic E-state index is 0.0382. The number of carbonyl (C=O) groups is 3. The number of aromatic nitrogens is 2. The lowest BCUT2D eigenvalue weighted by atomic mass is 9.76. The number of aromatic amines is 1. The molecule has 0 bridgehead atoms. The van der Waals surface area contributed by atoms with Crippen LogP contribution < -0.4 is 5.32 Å². The number of imide groups is 1. The Morgan fingerprint density at radius 3 is 2.54 bits per heavy atom. The molecule has 3 aromatic carbocycles. The molecule has 7 rings (SSSR count). The standard InChI is InChI=1S/C30H24N4O4S/c35-27-23-24(28(36)34(27)16-18-8-5-7-17-6-1-2-9-20(17)18)30(29(37)38,33-25(23)26-31-12-13-39-26)14-19-15-32-22-11-4-3-10-21(19)22/h1-13,15,23-25,32-33H,14,16H2,(H,37,38). The smallest absolute Gasteiger partial charge is 0.325 e. The molecule has 0 saturated carbocycles. The van der Waals surface area contributed by atoms with Crippen LogP contribution in [0.2, 0.25) is 0 Å². The lowest BCUT2D eigenvalue weighted by molar-refractivity contribution is -0.151. The van der Waals surface area contributed by atoms with Crippen LogP contribution in [0.25, 0.3) is 21.7 Å². The third kappa shape index (κ3) is 3.54. The van der Waals surface area contributed by atoms with Gasteiger partial charge in [-0.25, -0.2) is 4.98 Å². The molecule has 4 heterocycles. The molecule has 3 N–H and O–H groups in total. The van der Waals surface area contributed by atoms with Gasteiger partial charge in [-0.05, 0) is 28.0 Å². The number of rotatable bonds is 6. The summed E-state index contributed by atoms with van der Waals surface area (Å²) in [6.07, 6.45) is 3.46. The van der Waals surface area contributed by atoms with Crippen LogP contribution in [0, 0.1) is 11.8 Å². The van der Waals surface area contributed by atoms with Gasteiger partial charge in [0.15, 0.2) is 0 Å². The predicted octanol–water partition coefficient (Wildman–Crippen LogP) is 4.29. The van der Waals surface area contributed by atoms with Crippen molar-refractivity contribution in [1.82, 2.24) is 20.2 Å². The zero-order valence-corrected chi connectivity index (χ0v) is 21.5. The van der Waals surface area contributed by atoms with Crippen molar-refractivity contribution in [2.75, 3.05) is 0 Å². The van der Waals surface area contributed by atoms with Gasteiger partial charge >= 0.3 is 5.97 Å². The average molecular weight is 537 g/mol. The first kappa shape index (κ1) is 23.8. The average Bonchev–Trinajstić information content (AvgIpc) is 3.73. The second kappa shape index (κ2) is 8.86. The Morgan fingerprint density at radius 2 is 1.74 bits per heavy atom. The number of nitrogens with zero attached hydrogens (tertiary/aromatic N) is 2. The van der Waals surface area contributed by atoms with Gasteiger partial charge < -0.3 is 10.1 Å². The molecule has 0 aliphatic carbocycles. The minimum Gasteiger partial charge on any atom is -0.480 e. The third-order valence-electron chi connectivity index (χ3n) is 8.20. The van der Waals surface area contributed by atoms with Gasteiger partial charge in [-0.1, -0.05) is 60.7 Å². The Bertz CT molecular complexity index is 1760. The quantitative estimate of drug-likeness (QED) is 0.279. The van der Waals surface area contributed by atoms with Crippen LogP contribution in [-0.2, 0) is 27.3 Å². The number of amides is 2. The number of nitrogens with one attached hydrogen (secondary N) is 2. The predicted molar refractivity (Wildman–Crippen MR) is 147 cm³/mol. The van der Waals surface area contributed by atoms with Gasteiger partial charge in [-0.2, -0.15) is 0 Å². The van der Waals surface area contributed by atoms with Crippen LogP contribution in [0.4, 0.5) is 0 Å². The molecule has 194 valence electrons. The number of H-pyrrole nitrogens is 1. The van der Waals surface area contributed by atoms with Crippen molar-refractivity contribution >= 4 is 50.8 Å². The van der Waals surface area contributed by atoms with Crippen LogP contribution in [-0.4, -0.2) is 43.3 Å². The number of aliphatic carboxylic acids is 1. The maximum absolute atomic E-state index is 14.1. The Kier molecular flexibility index (Phi) is 5.40. The molecule has 0 spiro atoms. The van der Waals surface area contributed by atoms with Crippen molar-refractivity contribution in [3.8, 4) is 0 Å². The van der Waals surface area contributed by atoms with Gasteiger partial charge in [0.2, 0.25) is 11.8 Å². The van der Waals surface area contributed by atoms with E-state index in [0.29, 0.717) is 5.01 Å². The van der Waals surface area contributed by atoms with Gasteiger partial charge in [-0.3, -0.25) is 24.6 Å². The Labute approximate surface area is 227 Å². The van der Waals surface area contributed by atoms with Crippen LogP contribution in [0.1, 0.15) is 22.2 Å². The second-order valence-electron chi connectivity index (χ2n) is 10.2. The van der Waals surface area contributed by atoms with E-state index in [1.807, 2.05) is 66.7 Å². The summed E-state index contributed by atoms with van der Waals surface area (Å²) in [7, 11) is 0. The van der Waals surface area contributed by atoms with E-state index < -0.39 is 35.3 Å². The van der Waals surface area contributed by atoms with Crippen LogP contribution in [0.3, 0.4) is 0 Å². The first-order valence-electron chi connectivity index (χ1n) is 12.8. The number of hydrogen-bond acceptors (Lipinski definition) is 6. The summed E-state index contributed by atoms with van der Waals surface area (Å²) >= 11 is 1.35. The first-order chi connectivity index (χ1) is 19.0. The van der Waals surface area contributed by atoms with Crippen molar-refractivity contribution in [3.05, 3.63) is 101 Å².